The highest BCUT2D eigenvalue weighted by Gasteiger charge is 2.22. The molecule has 0 bridgehead atoms. The summed E-state index contributed by atoms with van der Waals surface area (Å²) in [6.07, 6.45) is 4.45. The number of methoxy groups -OCH3 is 1. The Kier molecular flexibility index (Phi) is 6.20. The van der Waals surface area contributed by atoms with Gasteiger partial charge in [-0.2, -0.15) is 0 Å². The molecule has 1 aliphatic carbocycles. The van der Waals surface area contributed by atoms with E-state index in [2.05, 4.69) is 19.2 Å². The van der Waals surface area contributed by atoms with Gasteiger partial charge in [-0.3, -0.25) is 9.36 Å². The fraction of sp³-hybridized carbons (Fsp3) is 0.550. The van der Waals surface area contributed by atoms with E-state index in [1.165, 1.54) is 16.9 Å². The largest absolute Gasteiger partial charge is 0.383 e. The fourth-order valence-electron chi connectivity index (χ4n) is 3.50. The first kappa shape index (κ1) is 20.1. The van der Waals surface area contributed by atoms with Gasteiger partial charge in [-0.15, -0.1) is 22.7 Å². The van der Waals surface area contributed by atoms with Crippen LogP contribution in [-0.4, -0.2) is 28.3 Å². The number of fused-ring (bicyclic) bond motifs is 3. The number of thiophene rings is 1. The van der Waals surface area contributed by atoms with Crippen molar-refractivity contribution in [2.45, 2.75) is 62.9 Å². The number of hydrogen-bond donors (Lipinski definition) is 0. The molecular weight excluding hydrogens is 410 g/mol. The number of rotatable bonds is 7. The van der Waals surface area contributed by atoms with E-state index in [1.807, 2.05) is 0 Å². The maximum atomic E-state index is 13.3. The van der Waals surface area contributed by atoms with Gasteiger partial charge in [-0.1, -0.05) is 25.6 Å². The molecule has 5 nitrogen and oxygen atoms in total. The minimum Gasteiger partial charge on any atom is -0.383 e. The van der Waals surface area contributed by atoms with Gasteiger partial charge < -0.3 is 4.74 Å². The highest BCUT2D eigenvalue weighted by atomic mass is 32.2. The van der Waals surface area contributed by atoms with Crippen LogP contribution in [0.3, 0.4) is 0 Å². The van der Waals surface area contributed by atoms with Crippen LogP contribution in [0.25, 0.3) is 10.2 Å². The summed E-state index contributed by atoms with van der Waals surface area (Å²) in [4.78, 5) is 25.2. The van der Waals surface area contributed by atoms with Crippen LogP contribution in [0.5, 0.6) is 0 Å². The monoisotopic (exact) mass is 435 g/mol. The van der Waals surface area contributed by atoms with Gasteiger partial charge in [0.2, 0.25) is 0 Å². The second kappa shape index (κ2) is 8.65. The fourth-order valence-corrected chi connectivity index (χ4v) is 6.66. The lowest BCUT2D eigenvalue weighted by molar-refractivity contribution is 0.183. The summed E-state index contributed by atoms with van der Waals surface area (Å²) in [6, 6.07) is 0. The Labute approximate surface area is 177 Å². The van der Waals surface area contributed by atoms with Gasteiger partial charge in [-0.05, 0) is 31.2 Å². The summed E-state index contributed by atoms with van der Waals surface area (Å²) < 4.78 is 7.05. The first-order chi connectivity index (χ1) is 13.6. The third-order valence-corrected chi connectivity index (χ3v) is 8.36. The summed E-state index contributed by atoms with van der Waals surface area (Å²) in [5.74, 6) is 1.16. The van der Waals surface area contributed by atoms with Gasteiger partial charge in [0.05, 0.1) is 29.2 Å². The van der Waals surface area contributed by atoms with Crippen LogP contribution >= 0.6 is 34.4 Å². The average molecular weight is 436 g/mol. The standard InChI is InChI=1S/C20H25N3O2S3/c1-12(2)17-21-13(10-26-17)11-27-20-22-18-16(19(24)23(20)8-9-25-3)14-6-4-5-7-15(14)28-18/h10,12H,4-9,11H2,1-3H3. The van der Waals surface area contributed by atoms with E-state index in [4.69, 9.17) is 14.7 Å². The van der Waals surface area contributed by atoms with E-state index in [1.54, 1.807) is 46.1 Å². The van der Waals surface area contributed by atoms with E-state index in [-0.39, 0.29) is 5.56 Å². The lowest BCUT2D eigenvalue weighted by Crippen LogP contribution is -2.25. The topological polar surface area (TPSA) is 57.0 Å². The predicted molar refractivity (Wildman–Crippen MR) is 118 cm³/mol. The molecular formula is C20H25N3O2S3. The maximum absolute atomic E-state index is 13.3. The molecule has 0 N–H and O–H groups in total. The molecule has 0 saturated heterocycles. The lowest BCUT2D eigenvalue weighted by atomic mass is 9.97. The van der Waals surface area contributed by atoms with Gasteiger partial charge in [0.25, 0.3) is 5.56 Å². The minimum atomic E-state index is 0.0881. The smallest absolute Gasteiger partial charge is 0.263 e. The molecule has 0 atom stereocenters. The quantitative estimate of drug-likeness (QED) is 0.392. The SMILES string of the molecule is COCCn1c(SCc2csc(C(C)C)n2)nc2sc3c(c2c1=O)CCCC3. The Morgan fingerprint density at radius 3 is 2.86 bits per heavy atom. The number of hydrogen-bond acceptors (Lipinski definition) is 7. The van der Waals surface area contributed by atoms with Crippen LogP contribution in [0.2, 0.25) is 0 Å². The van der Waals surface area contributed by atoms with Crippen molar-refractivity contribution in [2.24, 2.45) is 0 Å². The van der Waals surface area contributed by atoms with Crippen molar-refractivity contribution in [3.63, 3.8) is 0 Å². The molecule has 0 aliphatic heterocycles. The number of aryl methyl sites for hydroxylation is 2. The van der Waals surface area contributed by atoms with Crippen LogP contribution in [0, 0.1) is 0 Å². The summed E-state index contributed by atoms with van der Waals surface area (Å²) in [5, 5.41) is 4.88. The van der Waals surface area contributed by atoms with Crippen LogP contribution in [0.4, 0.5) is 0 Å². The van der Waals surface area contributed by atoms with Crippen molar-refractivity contribution in [2.75, 3.05) is 13.7 Å². The van der Waals surface area contributed by atoms with Gasteiger partial charge in [0.1, 0.15) is 4.83 Å². The molecule has 0 radical (unpaired) electrons. The van der Waals surface area contributed by atoms with Gasteiger partial charge >= 0.3 is 0 Å². The summed E-state index contributed by atoms with van der Waals surface area (Å²) in [6.45, 7) is 5.35. The van der Waals surface area contributed by atoms with E-state index < -0.39 is 0 Å². The zero-order chi connectivity index (χ0) is 19.7. The van der Waals surface area contributed by atoms with Crippen molar-refractivity contribution in [3.05, 3.63) is 36.9 Å². The molecule has 3 aromatic rings. The van der Waals surface area contributed by atoms with E-state index in [9.17, 15) is 4.79 Å². The molecule has 28 heavy (non-hydrogen) atoms. The molecule has 3 aromatic heterocycles. The van der Waals surface area contributed by atoms with Crippen molar-refractivity contribution >= 4 is 44.7 Å². The molecule has 4 rings (SSSR count). The van der Waals surface area contributed by atoms with E-state index in [0.29, 0.717) is 19.1 Å². The van der Waals surface area contributed by atoms with E-state index in [0.717, 1.165) is 51.1 Å². The zero-order valence-electron chi connectivity index (χ0n) is 16.5. The molecule has 0 amide bonds. The predicted octanol–water partition coefficient (Wildman–Crippen LogP) is 4.86. The average Bonchev–Trinajstić information content (AvgIpc) is 3.30. The van der Waals surface area contributed by atoms with Crippen LogP contribution in [0.1, 0.15) is 53.7 Å². The van der Waals surface area contributed by atoms with Gasteiger partial charge in [-0.25, -0.2) is 9.97 Å². The number of thioether (sulfide) groups is 1. The van der Waals surface area contributed by atoms with Crippen molar-refractivity contribution in [1.29, 1.82) is 0 Å². The Morgan fingerprint density at radius 2 is 2.11 bits per heavy atom. The summed E-state index contributed by atoms with van der Waals surface area (Å²) >= 11 is 5.01. The van der Waals surface area contributed by atoms with Crippen molar-refractivity contribution < 1.29 is 4.74 Å². The molecule has 150 valence electrons. The molecule has 0 aromatic carbocycles. The van der Waals surface area contributed by atoms with Crippen molar-refractivity contribution in [1.82, 2.24) is 14.5 Å². The maximum Gasteiger partial charge on any atom is 0.263 e. The minimum absolute atomic E-state index is 0.0881. The highest BCUT2D eigenvalue weighted by molar-refractivity contribution is 7.98. The number of nitrogens with zero attached hydrogens (tertiary/aromatic N) is 3. The Bertz CT molecular complexity index is 1040. The highest BCUT2D eigenvalue weighted by Crippen LogP contribution is 2.35. The Balaban J connectivity index is 1.70. The molecule has 0 unspecified atom stereocenters. The molecule has 8 heteroatoms. The second-order valence-electron chi connectivity index (χ2n) is 7.36. The second-order valence-corrected chi connectivity index (χ2v) is 10.3. The summed E-state index contributed by atoms with van der Waals surface area (Å²) in [7, 11) is 1.67. The van der Waals surface area contributed by atoms with E-state index >= 15 is 0 Å². The Hall–Kier alpha value is -1.22. The normalized spacial score (nSPS) is 14.1. The lowest BCUT2D eigenvalue weighted by Gasteiger charge is -2.13. The Morgan fingerprint density at radius 1 is 1.29 bits per heavy atom. The first-order valence-electron chi connectivity index (χ1n) is 9.69. The van der Waals surface area contributed by atoms with Crippen LogP contribution in [0.15, 0.2) is 15.3 Å². The summed E-state index contributed by atoms with van der Waals surface area (Å²) in [5.41, 5.74) is 2.38. The van der Waals surface area contributed by atoms with Crippen LogP contribution in [-0.2, 0) is 29.9 Å². The molecule has 0 fully saturated rings. The zero-order valence-corrected chi connectivity index (χ0v) is 18.9. The molecule has 0 saturated carbocycles. The molecule has 1 aliphatic rings. The molecule has 0 spiro atoms. The third-order valence-electron chi connectivity index (χ3n) is 4.97. The number of thiazole rings is 1. The third kappa shape index (κ3) is 3.92. The number of aromatic nitrogens is 3. The molecule has 3 heterocycles. The van der Waals surface area contributed by atoms with Crippen molar-refractivity contribution in [3.8, 4) is 0 Å². The van der Waals surface area contributed by atoms with Gasteiger partial charge in [0.15, 0.2) is 5.16 Å². The number of ether oxygens (including phenoxy) is 1. The van der Waals surface area contributed by atoms with Crippen LogP contribution < -0.4 is 5.56 Å². The van der Waals surface area contributed by atoms with Gasteiger partial charge in [0, 0.05) is 29.0 Å². The first-order valence-corrected chi connectivity index (χ1v) is 12.4.